The number of imide groups is 1. The molecule has 1 N–H and O–H groups in total. The van der Waals surface area contributed by atoms with Crippen LogP contribution < -0.4 is 4.90 Å². The molecule has 5 rings (SSSR count). The lowest BCUT2D eigenvalue weighted by atomic mass is 9.62. The third-order valence-electron chi connectivity index (χ3n) is 8.82. The first-order valence-corrected chi connectivity index (χ1v) is 15.0. The van der Waals surface area contributed by atoms with Crippen molar-refractivity contribution in [2.45, 2.75) is 59.4 Å². The third-order valence-corrected chi connectivity index (χ3v) is 11.2. The summed E-state index contributed by atoms with van der Waals surface area (Å²) < 4.78 is 0. The zero-order chi connectivity index (χ0) is 22.5. The van der Waals surface area contributed by atoms with Crippen LogP contribution in [0.25, 0.3) is 0 Å². The molecule has 2 fully saturated rings. The standard InChI is InChI=1S/C26H33NO3Si/c1-14-17-12-18-20(25(30)27(24(18)29)16-10-8-7-9-11-16)21-22(17)26(3,15(2)23(21)28)13-19(14)31(4,5)6/h7-11,15,18,20-21,23,28H,12-13H2,1-6H3/t15-,18+,20+,21+,23-,26+/m1/s1. The highest BCUT2D eigenvalue weighted by Crippen LogP contribution is 2.65. The highest BCUT2D eigenvalue weighted by atomic mass is 28.3. The van der Waals surface area contributed by atoms with Gasteiger partial charge in [-0.1, -0.05) is 68.0 Å². The minimum atomic E-state index is -1.56. The van der Waals surface area contributed by atoms with Gasteiger partial charge < -0.3 is 5.11 Å². The quantitative estimate of drug-likeness (QED) is 0.540. The molecule has 1 heterocycles. The SMILES string of the molecule is CC1=C([Si](C)(C)C)C[C@]2(C)C3=C1C[C@@H]1C(=O)N(c4ccccc4)C(=O)[C@@H]1[C@@H]3[C@H](O)[C@H]2C. The fourth-order valence-electron chi connectivity index (χ4n) is 7.07. The van der Waals surface area contributed by atoms with Crippen LogP contribution in [0.3, 0.4) is 0 Å². The number of fused-ring (bicyclic) bond motifs is 2. The lowest BCUT2D eigenvalue weighted by molar-refractivity contribution is -0.123. The smallest absolute Gasteiger partial charge is 0.238 e. The van der Waals surface area contributed by atoms with Crippen molar-refractivity contribution < 1.29 is 14.7 Å². The Hall–Kier alpha value is -1.98. The van der Waals surface area contributed by atoms with E-state index < -0.39 is 20.1 Å². The molecule has 0 aromatic heterocycles. The van der Waals surface area contributed by atoms with Gasteiger partial charge >= 0.3 is 0 Å². The van der Waals surface area contributed by atoms with Crippen LogP contribution in [0, 0.1) is 29.1 Å². The number of amides is 2. The number of aliphatic hydroxyl groups is 1. The Balaban J connectivity index is 1.68. The lowest BCUT2D eigenvalue weighted by Crippen LogP contribution is -2.40. The highest BCUT2D eigenvalue weighted by Gasteiger charge is 2.65. The first-order chi connectivity index (χ1) is 14.5. The number of nitrogens with zero attached hydrogens (tertiary/aromatic N) is 1. The van der Waals surface area contributed by atoms with E-state index in [1.165, 1.54) is 21.6 Å². The number of aliphatic hydroxyl groups excluding tert-OH is 1. The van der Waals surface area contributed by atoms with Gasteiger partial charge in [0.25, 0.3) is 0 Å². The number of benzene rings is 1. The van der Waals surface area contributed by atoms with Gasteiger partial charge in [-0.3, -0.25) is 14.5 Å². The highest BCUT2D eigenvalue weighted by molar-refractivity contribution is 6.83. The van der Waals surface area contributed by atoms with Gasteiger partial charge in [0.1, 0.15) is 0 Å². The van der Waals surface area contributed by atoms with E-state index in [1.54, 1.807) is 5.20 Å². The number of anilines is 1. The summed E-state index contributed by atoms with van der Waals surface area (Å²) in [7, 11) is -1.56. The molecule has 5 heteroatoms. The van der Waals surface area contributed by atoms with Gasteiger partial charge in [0.15, 0.2) is 0 Å². The summed E-state index contributed by atoms with van der Waals surface area (Å²) in [4.78, 5) is 28.6. The molecule has 1 aromatic rings. The Bertz CT molecular complexity index is 1050. The Morgan fingerprint density at radius 3 is 2.32 bits per heavy atom. The molecule has 6 atom stereocenters. The number of carbonyl (C=O) groups is 2. The van der Waals surface area contributed by atoms with Crippen LogP contribution >= 0.6 is 0 Å². The molecule has 1 aliphatic heterocycles. The molecule has 31 heavy (non-hydrogen) atoms. The molecule has 1 saturated carbocycles. The zero-order valence-corrected chi connectivity index (χ0v) is 20.4. The van der Waals surface area contributed by atoms with Crippen molar-refractivity contribution in [3.8, 4) is 0 Å². The summed E-state index contributed by atoms with van der Waals surface area (Å²) in [5, 5.41) is 13.0. The van der Waals surface area contributed by atoms with Gasteiger partial charge in [0.05, 0.1) is 31.7 Å². The summed E-state index contributed by atoms with van der Waals surface area (Å²) in [6, 6.07) is 9.26. The van der Waals surface area contributed by atoms with Gasteiger partial charge in [0, 0.05) is 5.92 Å². The van der Waals surface area contributed by atoms with Gasteiger partial charge in [-0.15, -0.1) is 0 Å². The second-order valence-corrected chi connectivity index (χ2v) is 16.4. The van der Waals surface area contributed by atoms with Crippen LogP contribution in [0.4, 0.5) is 5.69 Å². The number of para-hydroxylation sites is 1. The Kier molecular flexibility index (Phi) is 4.39. The maximum absolute atomic E-state index is 13.6. The summed E-state index contributed by atoms with van der Waals surface area (Å²) in [5.74, 6) is -1.25. The van der Waals surface area contributed by atoms with Crippen molar-refractivity contribution in [3.63, 3.8) is 0 Å². The van der Waals surface area contributed by atoms with Crippen molar-refractivity contribution in [1.82, 2.24) is 0 Å². The van der Waals surface area contributed by atoms with Crippen molar-refractivity contribution in [2.75, 3.05) is 4.90 Å². The Morgan fingerprint density at radius 1 is 1.06 bits per heavy atom. The van der Waals surface area contributed by atoms with E-state index >= 15 is 0 Å². The van der Waals surface area contributed by atoms with Crippen LogP contribution in [-0.2, 0) is 9.59 Å². The average Bonchev–Trinajstić information content (AvgIpc) is 3.08. The number of allylic oxidation sites excluding steroid dienone is 3. The van der Waals surface area contributed by atoms with E-state index in [9.17, 15) is 14.7 Å². The van der Waals surface area contributed by atoms with Crippen LogP contribution in [-0.4, -0.2) is 31.1 Å². The fourth-order valence-corrected chi connectivity index (χ4v) is 9.25. The predicted octanol–water partition coefficient (Wildman–Crippen LogP) is 4.72. The molecule has 0 spiro atoms. The minimum Gasteiger partial charge on any atom is -0.392 e. The van der Waals surface area contributed by atoms with Crippen LogP contribution in [0.2, 0.25) is 19.6 Å². The molecule has 4 aliphatic rings. The van der Waals surface area contributed by atoms with Crippen LogP contribution in [0.5, 0.6) is 0 Å². The first kappa shape index (κ1) is 20.9. The molecule has 1 aromatic carbocycles. The molecular formula is C26H33NO3Si. The Morgan fingerprint density at radius 2 is 1.71 bits per heavy atom. The predicted molar refractivity (Wildman–Crippen MR) is 125 cm³/mol. The molecule has 2 amide bonds. The second-order valence-electron chi connectivity index (χ2n) is 11.3. The summed E-state index contributed by atoms with van der Waals surface area (Å²) in [6.45, 7) is 13.8. The molecule has 4 nitrogen and oxygen atoms in total. The summed E-state index contributed by atoms with van der Waals surface area (Å²) in [6.07, 6.45) is 1.01. The van der Waals surface area contributed by atoms with E-state index in [0.717, 1.165) is 6.42 Å². The Labute approximate surface area is 186 Å². The number of carbonyl (C=O) groups excluding carboxylic acids is 2. The van der Waals surface area contributed by atoms with Crippen LogP contribution in [0.15, 0.2) is 52.2 Å². The molecule has 1 saturated heterocycles. The van der Waals surface area contributed by atoms with Crippen molar-refractivity contribution in [3.05, 3.63) is 52.2 Å². The second kappa shape index (κ2) is 6.52. The van der Waals surface area contributed by atoms with E-state index in [2.05, 4.69) is 40.4 Å². The van der Waals surface area contributed by atoms with Crippen molar-refractivity contribution in [1.29, 1.82) is 0 Å². The van der Waals surface area contributed by atoms with Crippen molar-refractivity contribution in [2.24, 2.45) is 29.1 Å². The van der Waals surface area contributed by atoms with E-state index in [0.29, 0.717) is 12.1 Å². The van der Waals surface area contributed by atoms with Gasteiger partial charge in [-0.25, -0.2) is 0 Å². The summed E-state index contributed by atoms with van der Waals surface area (Å²) in [5.41, 5.74) is 4.41. The monoisotopic (exact) mass is 435 g/mol. The fraction of sp³-hybridized carbons (Fsp3) is 0.538. The molecule has 164 valence electrons. The molecule has 0 radical (unpaired) electrons. The number of rotatable bonds is 2. The van der Waals surface area contributed by atoms with E-state index in [1.807, 2.05) is 30.3 Å². The molecular weight excluding hydrogens is 402 g/mol. The topological polar surface area (TPSA) is 57.6 Å². The summed E-state index contributed by atoms with van der Waals surface area (Å²) >= 11 is 0. The largest absolute Gasteiger partial charge is 0.392 e. The van der Waals surface area contributed by atoms with Gasteiger partial charge in [-0.05, 0) is 48.8 Å². The first-order valence-electron chi connectivity index (χ1n) is 11.5. The normalized spacial score (nSPS) is 37.5. The molecule has 0 bridgehead atoms. The zero-order valence-electron chi connectivity index (χ0n) is 19.4. The van der Waals surface area contributed by atoms with Gasteiger partial charge in [0.2, 0.25) is 11.8 Å². The maximum atomic E-state index is 13.6. The number of hydrogen-bond acceptors (Lipinski definition) is 3. The van der Waals surface area contributed by atoms with Gasteiger partial charge in [-0.2, -0.15) is 0 Å². The van der Waals surface area contributed by atoms with Crippen LogP contribution in [0.1, 0.15) is 33.6 Å². The average molecular weight is 436 g/mol. The molecule has 3 aliphatic carbocycles. The lowest BCUT2D eigenvalue weighted by Gasteiger charge is -2.45. The van der Waals surface area contributed by atoms with Crippen molar-refractivity contribution >= 4 is 25.6 Å². The maximum Gasteiger partial charge on any atom is 0.238 e. The third kappa shape index (κ3) is 2.62. The van der Waals surface area contributed by atoms with E-state index in [-0.39, 0.29) is 35.0 Å². The molecule has 0 unspecified atom stereocenters. The van der Waals surface area contributed by atoms with E-state index in [4.69, 9.17) is 0 Å². The minimum absolute atomic E-state index is 0.0642. The number of hydrogen-bond donors (Lipinski definition) is 1.